The van der Waals surface area contributed by atoms with Crippen molar-refractivity contribution in [2.24, 2.45) is 5.10 Å². The maximum atomic E-state index is 13.1. The molecule has 0 saturated heterocycles. The van der Waals surface area contributed by atoms with Crippen LogP contribution in [0.1, 0.15) is 18.0 Å². The highest BCUT2D eigenvalue weighted by Crippen LogP contribution is 2.40. The molecule has 2 aromatic carbocycles. The zero-order chi connectivity index (χ0) is 24.6. The summed E-state index contributed by atoms with van der Waals surface area (Å²) >= 11 is 12.6. The summed E-state index contributed by atoms with van der Waals surface area (Å²) in [4.78, 5) is 5.22. The molecule has 3 aliphatic rings. The first-order chi connectivity index (χ1) is 16.9. The smallest absolute Gasteiger partial charge is 0.243 e. The molecule has 0 amide bonds. The van der Waals surface area contributed by atoms with Crippen LogP contribution in [0.4, 0.5) is 5.69 Å². The Morgan fingerprint density at radius 3 is 2.77 bits per heavy atom. The van der Waals surface area contributed by atoms with Crippen LogP contribution in [0.25, 0.3) is 0 Å². The van der Waals surface area contributed by atoms with Crippen molar-refractivity contribution in [1.29, 1.82) is 0 Å². The third-order valence-electron chi connectivity index (χ3n) is 5.69. The average molecular weight is 534 g/mol. The van der Waals surface area contributed by atoms with E-state index in [1.54, 1.807) is 42.6 Å². The Labute approximate surface area is 212 Å². The fourth-order valence-electron chi connectivity index (χ4n) is 3.97. The van der Waals surface area contributed by atoms with Crippen molar-refractivity contribution < 1.29 is 18.1 Å². The highest BCUT2D eigenvalue weighted by Gasteiger charge is 2.33. The van der Waals surface area contributed by atoms with Crippen LogP contribution in [0.2, 0.25) is 10.0 Å². The number of sulfonamides is 1. The minimum absolute atomic E-state index is 0.0271. The zero-order valence-corrected chi connectivity index (χ0v) is 20.8. The van der Waals surface area contributed by atoms with Crippen LogP contribution in [-0.2, 0) is 15.0 Å². The van der Waals surface area contributed by atoms with Crippen LogP contribution >= 0.6 is 23.2 Å². The first kappa shape index (κ1) is 23.7. The van der Waals surface area contributed by atoms with Gasteiger partial charge in [-0.2, -0.15) is 10.0 Å². The molecule has 182 valence electrons. The Morgan fingerprint density at radius 2 is 2.03 bits per heavy atom. The van der Waals surface area contributed by atoms with Gasteiger partial charge in [0.15, 0.2) is 0 Å². The minimum atomic E-state index is -3.84. The van der Waals surface area contributed by atoms with E-state index in [4.69, 9.17) is 38.0 Å². The molecule has 0 bridgehead atoms. The van der Waals surface area contributed by atoms with E-state index in [0.717, 1.165) is 11.3 Å². The molecule has 0 saturated carbocycles. The maximum Gasteiger partial charge on any atom is 0.243 e. The number of nitrogens with zero attached hydrogens (tertiary/aromatic N) is 3. The Balaban J connectivity index is 1.40. The summed E-state index contributed by atoms with van der Waals surface area (Å²) < 4.78 is 34.1. The number of benzene rings is 2. The fourth-order valence-corrected chi connectivity index (χ4v) is 5.66. The van der Waals surface area contributed by atoms with Crippen molar-refractivity contribution in [3.8, 4) is 5.75 Å². The predicted molar refractivity (Wildman–Crippen MR) is 135 cm³/mol. The number of hydrogen-bond acceptors (Lipinski definition) is 8. The second-order valence-corrected chi connectivity index (χ2v) is 10.4. The number of allylic oxidation sites excluding steroid dienone is 2. The van der Waals surface area contributed by atoms with Gasteiger partial charge in [-0.1, -0.05) is 35.3 Å². The van der Waals surface area contributed by atoms with Gasteiger partial charge in [-0.25, -0.2) is 23.7 Å². The van der Waals surface area contributed by atoms with Gasteiger partial charge in [0.1, 0.15) is 16.4 Å². The molecule has 0 aliphatic carbocycles. The summed E-state index contributed by atoms with van der Waals surface area (Å²) in [6.07, 6.45) is 6.68. The summed E-state index contributed by atoms with van der Waals surface area (Å²) in [6, 6.07) is 12.7. The highest BCUT2D eigenvalue weighted by atomic mass is 35.5. The fraction of sp³-hybridized carbons (Fsp3) is 0.174. The molecule has 1 unspecified atom stereocenters. The lowest BCUT2D eigenvalue weighted by molar-refractivity contribution is -0.112. The largest absolute Gasteiger partial charge is 0.497 e. The Morgan fingerprint density at radius 1 is 1.23 bits per heavy atom. The number of methoxy groups -OCH3 is 1. The van der Waals surface area contributed by atoms with E-state index in [2.05, 4.69) is 10.2 Å². The van der Waals surface area contributed by atoms with E-state index in [1.807, 2.05) is 24.3 Å². The number of rotatable bonds is 7. The molecule has 12 heteroatoms. The number of anilines is 1. The summed E-state index contributed by atoms with van der Waals surface area (Å²) in [5, 5.41) is 8.83. The molecule has 35 heavy (non-hydrogen) atoms. The average Bonchev–Trinajstić information content (AvgIpc) is 3.50. The first-order valence-corrected chi connectivity index (χ1v) is 12.8. The molecule has 1 atom stereocenters. The third kappa shape index (κ3) is 4.75. The molecule has 0 aromatic heterocycles. The van der Waals surface area contributed by atoms with E-state index in [0.29, 0.717) is 33.6 Å². The van der Waals surface area contributed by atoms with E-state index >= 15 is 0 Å². The minimum Gasteiger partial charge on any atom is -0.497 e. The van der Waals surface area contributed by atoms with E-state index in [9.17, 15) is 8.42 Å². The molecule has 9 nitrogen and oxygen atoms in total. The number of nitrogens with one attached hydrogen (secondary N) is 2. The van der Waals surface area contributed by atoms with Gasteiger partial charge in [0.2, 0.25) is 10.0 Å². The van der Waals surface area contributed by atoms with Crippen LogP contribution in [0.3, 0.4) is 0 Å². The van der Waals surface area contributed by atoms with Crippen LogP contribution < -0.4 is 19.9 Å². The van der Waals surface area contributed by atoms with Crippen molar-refractivity contribution in [2.75, 3.05) is 18.7 Å². The van der Waals surface area contributed by atoms with E-state index < -0.39 is 10.0 Å². The lowest BCUT2D eigenvalue weighted by Gasteiger charge is -2.25. The maximum absolute atomic E-state index is 13.1. The van der Waals surface area contributed by atoms with Gasteiger partial charge in [-0.05, 0) is 48.0 Å². The summed E-state index contributed by atoms with van der Waals surface area (Å²) in [7, 11) is -2.23. The molecule has 3 aliphatic heterocycles. The first-order valence-electron chi connectivity index (χ1n) is 10.6. The van der Waals surface area contributed by atoms with Gasteiger partial charge in [0.05, 0.1) is 42.3 Å². The van der Waals surface area contributed by atoms with Crippen LogP contribution in [-0.4, -0.2) is 32.8 Å². The lowest BCUT2D eigenvalue weighted by atomic mass is 10.0. The topological polar surface area (TPSA) is 95.5 Å². The molecule has 0 radical (unpaired) electrons. The number of fused-ring (bicyclic) bond motifs is 1. The molecule has 2 N–H and O–H groups in total. The molecular weight excluding hydrogens is 513 g/mol. The third-order valence-corrected chi connectivity index (χ3v) is 7.68. The van der Waals surface area contributed by atoms with E-state index in [-0.39, 0.29) is 17.5 Å². The van der Waals surface area contributed by atoms with E-state index in [1.165, 1.54) is 17.3 Å². The standard InChI is InChI=1S/C23H21Cl2N5O4S/c1-33-18-7-4-15(5-8-18)21-12-17(28-30(21)20-9-6-16(24)11-19(20)25)13-27-35(31,32)23-3-2-10-29-22(23)14-26-34-29/h2-11,14,21,26-27H,12-13H2,1H3. The summed E-state index contributed by atoms with van der Waals surface area (Å²) in [6.45, 7) is 0.0271. The molecule has 0 fully saturated rings. The molecule has 5 rings (SSSR count). The zero-order valence-electron chi connectivity index (χ0n) is 18.5. The van der Waals surface area contributed by atoms with Crippen molar-refractivity contribution in [3.05, 3.63) is 93.2 Å². The normalized spacial score (nSPS) is 19.2. The van der Waals surface area contributed by atoms with Crippen molar-refractivity contribution in [1.82, 2.24) is 15.3 Å². The number of hydrazone groups is 1. The van der Waals surface area contributed by atoms with Gasteiger partial charge in [0, 0.05) is 17.6 Å². The second kappa shape index (κ2) is 9.56. The Bertz CT molecular complexity index is 1370. The van der Waals surface area contributed by atoms with Crippen molar-refractivity contribution in [2.45, 2.75) is 12.5 Å². The van der Waals surface area contributed by atoms with Crippen molar-refractivity contribution >= 4 is 44.6 Å². The number of hydroxylamine groups is 3. The van der Waals surface area contributed by atoms with Gasteiger partial charge in [0.25, 0.3) is 0 Å². The van der Waals surface area contributed by atoms with Crippen LogP contribution in [0.5, 0.6) is 5.75 Å². The van der Waals surface area contributed by atoms with Crippen LogP contribution in [0, 0.1) is 0 Å². The van der Waals surface area contributed by atoms with Gasteiger partial charge < -0.3 is 4.74 Å². The Kier molecular flexibility index (Phi) is 6.47. The molecular formula is C23H21Cl2N5O4S. The SMILES string of the molecule is COc1ccc(C2CC(CNS(=O)(=O)C3=CC=CN4ONC=C34)=NN2c2ccc(Cl)cc2Cl)cc1. The number of halogens is 2. The summed E-state index contributed by atoms with van der Waals surface area (Å²) in [5.41, 5.74) is 5.24. The quantitative estimate of drug-likeness (QED) is 0.549. The van der Waals surface area contributed by atoms with Crippen molar-refractivity contribution in [3.63, 3.8) is 0 Å². The number of hydrogen-bond donors (Lipinski definition) is 2. The van der Waals surface area contributed by atoms with Gasteiger partial charge >= 0.3 is 0 Å². The molecule has 3 heterocycles. The predicted octanol–water partition coefficient (Wildman–Crippen LogP) is 4.23. The van der Waals surface area contributed by atoms with Gasteiger partial charge in [-0.15, -0.1) is 0 Å². The molecule has 0 spiro atoms. The summed E-state index contributed by atoms with van der Waals surface area (Å²) in [5.74, 6) is 0.736. The van der Waals surface area contributed by atoms with Crippen LogP contribution in [0.15, 0.2) is 82.7 Å². The molecule has 2 aromatic rings. The lowest BCUT2D eigenvalue weighted by Crippen LogP contribution is -2.32. The number of ether oxygens (including phenoxy) is 1. The Hall–Kier alpha value is -3.02. The monoisotopic (exact) mass is 533 g/mol. The highest BCUT2D eigenvalue weighted by molar-refractivity contribution is 7.93. The second-order valence-electron chi connectivity index (χ2n) is 7.86. The van der Waals surface area contributed by atoms with Gasteiger partial charge in [-0.3, -0.25) is 5.01 Å².